The number of hydrogen-bond acceptors (Lipinski definition) is 9. The number of amides is 1. The molecule has 2 aromatic rings. The first kappa shape index (κ1) is 32.3. The molecule has 0 bridgehead atoms. The second-order valence-electron chi connectivity index (χ2n) is 11.9. The highest BCUT2D eigenvalue weighted by molar-refractivity contribution is 6.15. The number of alkyl halides is 3. The molecule has 5 N–H and O–H groups in total. The maximum Gasteiger partial charge on any atom is 0.414 e. The van der Waals surface area contributed by atoms with Gasteiger partial charge in [0, 0.05) is 63.8 Å². The van der Waals surface area contributed by atoms with E-state index in [1.54, 1.807) is 33.0 Å². The number of rotatable bonds is 6. The Kier molecular flexibility index (Phi) is 9.70. The van der Waals surface area contributed by atoms with Crippen LogP contribution in [0.25, 0.3) is 11.1 Å². The van der Waals surface area contributed by atoms with Gasteiger partial charge in [0.15, 0.2) is 11.4 Å². The third-order valence-electron chi connectivity index (χ3n) is 7.43. The molecule has 11 nitrogen and oxygen atoms in total. The molecule has 2 aromatic heterocycles. The van der Waals surface area contributed by atoms with E-state index in [0.29, 0.717) is 13.2 Å². The molecule has 4 heterocycles. The Morgan fingerprint density at radius 1 is 1.23 bits per heavy atom. The summed E-state index contributed by atoms with van der Waals surface area (Å²) in [5, 5.41) is 2.52. The number of ketones is 1. The molecule has 0 aromatic carbocycles. The van der Waals surface area contributed by atoms with E-state index in [1.807, 2.05) is 0 Å². The number of carbonyl (C=O) groups excluding carboxylic acids is 2. The first-order valence-electron chi connectivity index (χ1n) is 14.2. The minimum Gasteiger partial charge on any atom is -0.444 e. The van der Waals surface area contributed by atoms with Crippen molar-refractivity contribution in [3.05, 3.63) is 35.2 Å². The number of hydrogen-bond donors (Lipinski definition) is 3. The monoisotopic (exact) mass is 608 g/mol. The largest absolute Gasteiger partial charge is 0.444 e. The van der Waals surface area contributed by atoms with Crippen molar-refractivity contribution in [2.45, 2.75) is 70.2 Å². The van der Waals surface area contributed by atoms with Crippen molar-refractivity contribution in [2.75, 3.05) is 38.7 Å². The van der Waals surface area contributed by atoms with E-state index in [1.165, 1.54) is 11.9 Å². The van der Waals surface area contributed by atoms with Gasteiger partial charge in [-0.05, 0) is 57.6 Å². The van der Waals surface area contributed by atoms with Gasteiger partial charge in [-0.2, -0.15) is 13.2 Å². The molecule has 1 amide bonds. The number of ether oxygens (including phenoxy) is 2. The number of aromatic nitrogens is 1. The van der Waals surface area contributed by atoms with Gasteiger partial charge < -0.3 is 30.3 Å². The van der Waals surface area contributed by atoms with Gasteiger partial charge in [-0.25, -0.2) is 4.79 Å². The van der Waals surface area contributed by atoms with E-state index in [2.05, 4.69) is 15.3 Å². The number of Topliss-reactive ketones (excluding diaryl/α,β-unsaturated/α-hetero) is 1. The van der Waals surface area contributed by atoms with Gasteiger partial charge in [0.1, 0.15) is 22.5 Å². The van der Waals surface area contributed by atoms with Crippen LogP contribution in [0.1, 0.15) is 68.3 Å². The van der Waals surface area contributed by atoms with Crippen molar-refractivity contribution in [1.29, 1.82) is 0 Å². The molecule has 236 valence electrons. The highest BCUT2D eigenvalue weighted by atomic mass is 19.4. The van der Waals surface area contributed by atoms with Gasteiger partial charge in [-0.15, -0.1) is 0 Å². The molecule has 2 aliphatic heterocycles. The lowest BCUT2D eigenvalue weighted by Crippen LogP contribution is -2.53. The Labute approximate surface area is 247 Å². The normalized spacial score (nSPS) is 21.3. The molecule has 43 heavy (non-hydrogen) atoms. The fourth-order valence-electron chi connectivity index (χ4n) is 5.50. The Hall–Kier alpha value is -3.65. The van der Waals surface area contributed by atoms with E-state index in [4.69, 9.17) is 25.4 Å². The fraction of sp³-hybridized carbons (Fsp3) is 0.586. The van der Waals surface area contributed by atoms with Crippen LogP contribution in [0.3, 0.4) is 0 Å². The maximum absolute atomic E-state index is 13.9. The van der Waals surface area contributed by atoms with Crippen LogP contribution in [-0.4, -0.2) is 78.8 Å². The van der Waals surface area contributed by atoms with Crippen LogP contribution in [-0.2, 0) is 9.47 Å². The topological polar surface area (TPSA) is 158 Å². The predicted octanol–water partition coefficient (Wildman–Crippen LogP) is 4.72. The number of furan rings is 1. The lowest BCUT2D eigenvalue weighted by Gasteiger charge is -2.39. The molecule has 14 heteroatoms. The highest BCUT2D eigenvalue weighted by Gasteiger charge is 2.44. The van der Waals surface area contributed by atoms with Crippen LogP contribution in [0.15, 0.2) is 33.4 Å². The van der Waals surface area contributed by atoms with Gasteiger partial charge in [0.25, 0.3) is 0 Å². The van der Waals surface area contributed by atoms with Crippen molar-refractivity contribution in [2.24, 2.45) is 22.4 Å². The van der Waals surface area contributed by atoms with Crippen LogP contribution in [0, 0.1) is 5.92 Å². The SMILES string of the molecule is CN=C(C(=CN)CC(=O)c1c(NC(=O)OC(C)(C)C)oc2cc(C3CCOCC3)cnc12)N1C[C@@H](N)C[C@@H](C(F)(F)F)C1. The summed E-state index contributed by atoms with van der Waals surface area (Å²) in [5.74, 6) is -2.02. The number of carbonyl (C=O) groups is 2. The summed E-state index contributed by atoms with van der Waals surface area (Å²) in [5.41, 5.74) is 12.6. The minimum absolute atomic E-state index is 0.0160. The number of pyridine rings is 1. The standard InChI is InChI=1S/C29H39F3N6O5/c1-28(2,3)43-27(40)37-26-23(24-22(42-26)10-18(13-36-24)16-5-7-41-8-6-16)21(39)9-17(12-33)25(35-4)38-14-19(29(30,31)32)11-20(34)15-38/h10,12-13,16,19-20H,5-9,11,14-15,33-34H2,1-4H3,(H,37,40)/t19-,20+/m1/s1. The van der Waals surface area contributed by atoms with Crippen LogP contribution < -0.4 is 16.8 Å². The molecular weight excluding hydrogens is 569 g/mol. The predicted molar refractivity (Wildman–Crippen MR) is 155 cm³/mol. The number of nitrogens with two attached hydrogens (primary N) is 2. The van der Waals surface area contributed by atoms with Crippen LogP contribution in [0.4, 0.5) is 23.8 Å². The van der Waals surface area contributed by atoms with E-state index >= 15 is 0 Å². The lowest BCUT2D eigenvalue weighted by molar-refractivity contribution is -0.184. The molecular formula is C29H39F3N6O5. The van der Waals surface area contributed by atoms with E-state index in [-0.39, 0.29) is 65.8 Å². The van der Waals surface area contributed by atoms with Crippen molar-refractivity contribution >= 4 is 34.7 Å². The van der Waals surface area contributed by atoms with Crippen LogP contribution in [0.2, 0.25) is 0 Å². The third-order valence-corrected chi connectivity index (χ3v) is 7.43. The van der Waals surface area contributed by atoms with Crippen molar-refractivity contribution < 1.29 is 36.7 Å². The average molecular weight is 609 g/mol. The number of fused-ring (bicyclic) bond motifs is 1. The molecule has 0 spiro atoms. The number of piperidine rings is 1. The van der Waals surface area contributed by atoms with Crippen molar-refractivity contribution in [3.8, 4) is 0 Å². The summed E-state index contributed by atoms with van der Waals surface area (Å²) >= 11 is 0. The molecule has 0 radical (unpaired) electrons. The summed E-state index contributed by atoms with van der Waals surface area (Å²) in [4.78, 5) is 36.7. The Bertz CT molecular complexity index is 1390. The number of likely N-dealkylation sites (tertiary alicyclic amines) is 1. The zero-order valence-corrected chi connectivity index (χ0v) is 24.8. The quantitative estimate of drug-likeness (QED) is 0.240. The molecule has 2 saturated heterocycles. The van der Waals surface area contributed by atoms with Crippen LogP contribution in [0.5, 0.6) is 0 Å². The third kappa shape index (κ3) is 7.85. The van der Waals surface area contributed by atoms with Gasteiger partial charge in [0.2, 0.25) is 5.88 Å². The molecule has 0 aliphatic carbocycles. The number of nitrogens with zero attached hydrogens (tertiary/aromatic N) is 3. The molecule has 2 atom stereocenters. The van der Waals surface area contributed by atoms with Crippen molar-refractivity contribution in [3.63, 3.8) is 0 Å². The Balaban J connectivity index is 1.66. The van der Waals surface area contributed by atoms with E-state index in [9.17, 15) is 22.8 Å². The molecule has 0 saturated carbocycles. The van der Waals surface area contributed by atoms with Crippen molar-refractivity contribution in [1.82, 2.24) is 9.88 Å². The zero-order chi connectivity index (χ0) is 31.5. The number of nitrogens with one attached hydrogen (secondary N) is 1. The van der Waals surface area contributed by atoms with Gasteiger partial charge in [0.05, 0.1) is 5.92 Å². The highest BCUT2D eigenvalue weighted by Crippen LogP contribution is 2.36. The number of anilines is 1. The summed E-state index contributed by atoms with van der Waals surface area (Å²) < 4.78 is 57.6. The fourth-order valence-corrected chi connectivity index (χ4v) is 5.50. The van der Waals surface area contributed by atoms with Crippen LogP contribution >= 0.6 is 0 Å². The second-order valence-corrected chi connectivity index (χ2v) is 11.9. The maximum atomic E-state index is 13.9. The second kappa shape index (κ2) is 12.9. The van der Waals surface area contributed by atoms with Gasteiger partial charge in [-0.3, -0.25) is 20.1 Å². The molecule has 2 fully saturated rings. The first-order chi connectivity index (χ1) is 20.2. The average Bonchev–Trinajstić information content (AvgIpc) is 3.28. The van der Waals surface area contributed by atoms with E-state index < -0.39 is 35.6 Å². The van der Waals surface area contributed by atoms with Gasteiger partial charge >= 0.3 is 12.3 Å². The minimum atomic E-state index is -4.44. The van der Waals surface area contributed by atoms with Gasteiger partial charge in [-0.1, -0.05) is 0 Å². The molecule has 4 rings (SSSR count). The summed E-state index contributed by atoms with van der Waals surface area (Å²) in [6.45, 7) is 6.07. The summed E-state index contributed by atoms with van der Waals surface area (Å²) in [7, 11) is 1.41. The zero-order valence-electron chi connectivity index (χ0n) is 24.8. The smallest absolute Gasteiger partial charge is 0.414 e. The number of halogens is 3. The summed E-state index contributed by atoms with van der Waals surface area (Å²) in [6, 6.07) is 1.05. The first-order valence-corrected chi connectivity index (χ1v) is 14.2. The lowest BCUT2D eigenvalue weighted by atomic mass is 9.92. The molecule has 2 aliphatic rings. The number of amidine groups is 1. The molecule has 0 unspecified atom stereocenters. The Morgan fingerprint density at radius 3 is 2.53 bits per heavy atom. The summed E-state index contributed by atoms with van der Waals surface area (Å²) in [6.07, 6.45) is -1.41. The number of aliphatic imine (C=N–C) groups is 1. The Morgan fingerprint density at radius 2 is 1.93 bits per heavy atom. The van der Waals surface area contributed by atoms with E-state index in [0.717, 1.165) is 24.6 Å².